The summed E-state index contributed by atoms with van der Waals surface area (Å²) in [5.41, 5.74) is 0.408. The minimum Gasteiger partial charge on any atom is -0.462 e. The molecule has 8 heteroatoms. The molecule has 5 aliphatic carbocycles. The predicted octanol–water partition coefficient (Wildman–Crippen LogP) is 8.45. The number of esters is 1. The first kappa shape index (κ1) is 32.9. The van der Waals surface area contributed by atoms with Gasteiger partial charge in [-0.2, -0.15) is 0 Å². The zero-order valence-electron chi connectivity index (χ0n) is 29.0. The molecule has 9 atom stereocenters. The fourth-order valence-corrected chi connectivity index (χ4v) is 11.7. The van der Waals surface area contributed by atoms with Crippen LogP contribution in [0.3, 0.4) is 0 Å². The zero-order chi connectivity index (χ0) is 33.7. The number of hydrogen-bond acceptors (Lipinski definition) is 6. The number of ether oxygens (including phenoxy) is 1. The molecule has 0 unspecified atom stereocenters. The zero-order valence-corrected chi connectivity index (χ0v) is 29.0. The van der Waals surface area contributed by atoms with Crippen molar-refractivity contribution in [3.8, 4) is 0 Å². The highest BCUT2D eigenvalue weighted by molar-refractivity contribution is 5.97. The molecule has 1 aromatic carbocycles. The number of carbonyl (C=O) groups excluding carboxylic acids is 3. The lowest BCUT2D eigenvalue weighted by Crippen LogP contribution is -2.66. The standard InChI is InChI=1S/C38H52N2O6/c1-23(41)46-30-14-15-36(6)29(33(30,2)3)13-16-38(8)31(36)28(42)21-26-27-22-35(5,18-17-34(27,4)19-20-37(26,38)7)32(43)39-24-9-11-25(12-10-24)40(44)45/h9-12,21,27,29-31H,13-20,22H2,1-8H3,(H,39,43)/t27-,29+,30+,31+,34-,35+,36+,37+,38+/m0/s1. The number of benzene rings is 1. The van der Waals surface area contributed by atoms with E-state index in [-0.39, 0.29) is 74.3 Å². The number of nitro benzene ring substituents is 1. The Hall–Kier alpha value is -3.03. The molecule has 0 radical (unpaired) electrons. The van der Waals surface area contributed by atoms with Crippen molar-refractivity contribution >= 4 is 29.0 Å². The number of carbonyl (C=O) groups is 3. The number of fused-ring (bicyclic) bond motifs is 7. The van der Waals surface area contributed by atoms with E-state index in [1.54, 1.807) is 12.1 Å². The molecule has 0 aliphatic heterocycles. The summed E-state index contributed by atoms with van der Waals surface area (Å²) in [5, 5.41) is 14.2. The largest absolute Gasteiger partial charge is 0.462 e. The number of amides is 1. The predicted molar refractivity (Wildman–Crippen MR) is 177 cm³/mol. The average molecular weight is 633 g/mol. The average Bonchev–Trinajstić information content (AvgIpc) is 2.96. The van der Waals surface area contributed by atoms with Crippen LogP contribution in [-0.4, -0.2) is 28.7 Å². The highest BCUT2D eigenvalue weighted by atomic mass is 16.6. The topological polar surface area (TPSA) is 116 Å². The molecule has 6 rings (SSSR count). The summed E-state index contributed by atoms with van der Waals surface area (Å²) in [6, 6.07) is 6.00. The fourth-order valence-electron chi connectivity index (χ4n) is 11.7. The number of nitrogens with one attached hydrogen (secondary N) is 1. The normalized spacial score (nSPS) is 42.7. The van der Waals surface area contributed by atoms with Gasteiger partial charge in [0.15, 0.2) is 5.78 Å². The number of allylic oxidation sites excluding steroid dienone is 2. The minimum atomic E-state index is -0.630. The van der Waals surface area contributed by atoms with Crippen LogP contribution in [0.5, 0.6) is 0 Å². The second-order valence-electron chi connectivity index (χ2n) is 17.5. The van der Waals surface area contributed by atoms with E-state index in [1.807, 2.05) is 13.0 Å². The third-order valence-electron chi connectivity index (χ3n) is 14.7. The van der Waals surface area contributed by atoms with Crippen LogP contribution in [0.4, 0.5) is 11.4 Å². The van der Waals surface area contributed by atoms with Gasteiger partial charge in [-0.25, -0.2) is 0 Å². The molecule has 1 aromatic rings. The van der Waals surface area contributed by atoms with Crippen molar-refractivity contribution in [3.05, 3.63) is 46.0 Å². The first-order chi connectivity index (χ1) is 21.3. The molecule has 4 fully saturated rings. The third-order valence-corrected chi connectivity index (χ3v) is 14.7. The van der Waals surface area contributed by atoms with Crippen molar-refractivity contribution in [2.24, 2.45) is 50.2 Å². The summed E-state index contributed by atoms with van der Waals surface area (Å²) in [6.07, 6.45) is 9.95. The number of anilines is 1. The summed E-state index contributed by atoms with van der Waals surface area (Å²) in [5.74, 6) is 0.236. The first-order valence-electron chi connectivity index (χ1n) is 17.3. The highest BCUT2D eigenvalue weighted by Crippen LogP contribution is 2.75. The van der Waals surface area contributed by atoms with Crippen LogP contribution in [0.15, 0.2) is 35.9 Å². The molecule has 46 heavy (non-hydrogen) atoms. The second-order valence-corrected chi connectivity index (χ2v) is 17.5. The number of ketones is 1. The van der Waals surface area contributed by atoms with E-state index in [9.17, 15) is 24.5 Å². The molecule has 1 amide bonds. The van der Waals surface area contributed by atoms with Gasteiger partial charge < -0.3 is 10.1 Å². The van der Waals surface area contributed by atoms with Gasteiger partial charge in [-0.1, -0.05) is 54.0 Å². The maximum absolute atomic E-state index is 14.7. The number of hydrogen-bond donors (Lipinski definition) is 1. The number of nitrogens with zero attached hydrogens (tertiary/aromatic N) is 1. The number of rotatable bonds is 4. The van der Waals surface area contributed by atoms with E-state index in [1.165, 1.54) is 24.6 Å². The molecule has 4 saturated carbocycles. The van der Waals surface area contributed by atoms with Crippen molar-refractivity contribution in [1.29, 1.82) is 0 Å². The molecule has 5 aliphatic rings. The van der Waals surface area contributed by atoms with Gasteiger partial charge >= 0.3 is 5.97 Å². The Morgan fingerprint density at radius 3 is 2.20 bits per heavy atom. The summed E-state index contributed by atoms with van der Waals surface area (Å²) in [6.45, 7) is 17.5. The summed E-state index contributed by atoms with van der Waals surface area (Å²) in [4.78, 5) is 51.2. The van der Waals surface area contributed by atoms with E-state index < -0.39 is 10.3 Å². The van der Waals surface area contributed by atoms with Crippen molar-refractivity contribution in [2.75, 3.05) is 5.32 Å². The molecular weight excluding hydrogens is 580 g/mol. The molecule has 8 nitrogen and oxygen atoms in total. The number of nitro groups is 1. The Bertz CT molecular complexity index is 1520. The lowest BCUT2D eigenvalue weighted by atomic mass is 9.33. The maximum atomic E-state index is 14.7. The molecule has 1 N–H and O–H groups in total. The third kappa shape index (κ3) is 4.62. The Labute approximate surface area is 273 Å². The maximum Gasteiger partial charge on any atom is 0.302 e. The molecule has 0 spiro atoms. The van der Waals surface area contributed by atoms with Crippen LogP contribution < -0.4 is 5.32 Å². The van der Waals surface area contributed by atoms with E-state index in [0.717, 1.165) is 51.4 Å². The van der Waals surface area contributed by atoms with Gasteiger partial charge in [0.25, 0.3) is 5.69 Å². The Morgan fingerprint density at radius 1 is 0.913 bits per heavy atom. The molecular formula is C38H52N2O6. The van der Waals surface area contributed by atoms with Crippen LogP contribution >= 0.6 is 0 Å². The molecule has 0 aromatic heterocycles. The van der Waals surface area contributed by atoms with Gasteiger partial charge in [-0.3, -0.25) is 24.5 Å². The monoisotopic (exact) mass is 632 g/mol. The SMILES string of the molecule is CC(=O)O[C@@H]1CC[C@]2(C)[C@H](CC[C@]3(C)[C@@H]2C(=O)C=C2[C@@H]4C[C@](C)(C(=O)Nc5ccc([N+](=O)[O-])cc5)CC[C@@]4(C)CC[C@]23C)C1(C)C. The van der Waals surface area contributed by atoms with Gasteiger partial charge in [0.05, 0.1) is 4.92 Å². The van der Waals surface area contributed by atoms with Crippen LogP contribution in [-0.2, 0) is 19.1 Å². The van der Waals surface area contributed by atoms with E-state index in [2.05, 4.69) is 46.9 Å². The van der Waals surface area contributed by atoms with Gasteiger partial charge in [-0.15, -0.1) is 0 Å². The van der Waals surface area contributed by atoms with Gasteiger partial charge in [0.2, 0.25) is 5.91 Å². The van der Waals surface area contributed by atoms with Crippen LogP contribution in [0, 0.1) is 60.4 Å². The summed E-state index contributed by atoms with van der Waals surface area (Å²) in [7, 11) is 0. The van der Waals surface area contributed by atoms with Gasteiger partial charge in [0, 0.05) is 41.5 Å². The van der Waals surface area contributed by atoms with Crippen LogP contribution in [0.1, 0.15) is 113 Å². The van der Waals surface area contributed by atoms with Crippen LogP contribution in [0.25, 0.3) is 0 Å². The second kappa shape index (κ2) is 10.5. The fraction of sp³-hybridized carbons (Fsp3) is 0.711. The Morgan fingerprint density at radius 2 is 1.57 bits per heavy atom. The first-order valence-corrected chi connectivity index (χ1v) is 17.3. The van der Waals surface area contributed by atoms with E-state index >= 15 is 0 Å². The quantitative estimate of drug-likeness (QED) is 0.202. The summed E-state index contributed by atoms with van der Waals surface area (Å²) >= 11 is 0. The molecule has 250 valence electrons. The van der Waals surface area contributed by atoms with E-state index in [0.29, 0.717) is 12.1 Å². The van der Waals surface area contributed by atoms with Gasteiger partial charge in [0.1, 0.15) is 6.10 Å². The highest BCUT2D eigenvalue weighted by Gasteiger charge is 2.70. The van der Waals surface area contributed by atoms with Crippen molar-refractivity contribution in [1.82, 2.24) is 0 Å². The smallest absolute Gasteiger partial charge is 0.302 e. The minimum absolute atomic E-state index is 0.0104. The van der Waals surface area contributed by atoms with Crippen molar-refractivity contribution in [3.63, 3.8) is 0 Å². The Kier molecular flexibility index (Phi) is 7.50. The Balaban J connectivity index is 1.32. The van der Waals surface area contributed by atoms with Crippen molar-refractivity contribution < 1.29 is 24.0 Å². The lowest BCUT2D eigenvalue weighted by Gasteiger charge is -2.70. The molecule has 0 heterocycles. The van der Waals surface area contributed by atoms with E-state index in [4.69, 9.17) is 4.74 Å². The van der Waals surface area contributed by atoms with Crippen molar-refractivity contribution in [2.45, 2.75) is 119 Å². The van der Waals surface area contributed by atoms with Crippen LogP contribution in [0.2, 0.25) is 0 Å². The van der Waals surface area contributed by atoms with Gasteiger partial charge in [-0.05, 0) is 109 Å². The number of non-ortho nitro benzene ring substituents is 1. The molecule has 0 bridgehead atoms. The molecule has 0 saturated heterocycles. The lowest BCUT2D eigenvalue weighted by molar-refractivity contribution is -0.384. The summed E-state index contributed by atoms with van der Waals surface area (Å²) < 4.78 is 5.86.